The fraction of sp³-hybridized carbons (Fsp3) is 0.300. The minimum atomic E-state index is -0.0165. The van der Waals surface area contributed by atoms with Gasteiger partial charge in [-0.05, 0) is 31.5 Å². The number of nitrogens with zero attached hydrogens (tertiary/aromatic N) is 4. The highest BCUT2D eigenvalue weighted by molar-refractivity contribution is 5.94. The molecule has 26 heavy (non-hydrogen) atoms. The predicted octanol–water partition coefficient (Wildman–Crippen LogP) is 3.10. The Kier molecular flexibility index (Phi) is 4.24. The summed E-state index contributed by atoms with van der Waals surface area (Å²) < 4.78 is 5.44. The van der Waals surface area contributed by atoms with Gasteiger partial charge in [-0.2, -0.15) is 4.98 Å². The summed E-state index contributed by atoms with van der Waals surface area (Å²) in [6, 6.07) is 13.9. The molecule has 1 aromatic carbocycles. The van der Waals surface area contributed by atoms with Gasteiger partial charge in [-0.1, -0.05) is 35.5 Å². The Morgan fingerprint density at radius 3 is 2.50 bits per heavy atom. The molecule has 1 amide bonds. The lowest BCUT2D eigenvalue weighted by atomic mass is 9.89. The maximum Gasteiger partial charge on any atom is 0.255 e. The number of benzene rings is 1. The SMILES string of the molecule is Cc1ccc(C(=O)N2C[C@H](c3ccccc3)[C@H](c3nc(C)no3)C2)cn1. The highest BCUT2D eigenvalue weighted by Gasteiger charge is 2.40. The Balaban J connectivity index is 1.64. The van der Waals surface area contributed by atoms with E-state index < -0.39 is 0 Å². The van der Waals surface area contributed by atoms with Crippen molar-refractivity contribution >= 4 is 5.91 Å². The fourth-order valence-electron chi connectivity index (χ4n) is 3.50. The zero-order valence-electron chi connectivity index (χ0n) is 14.8. The maximum absolute atomic E-state index is 12.9. The summed E-state index contributed by atoms with van der Waals surface area (Å²) in [6.07, 6.45) is 1.64. The Labute approximate surface area is 151 Å². The summed E-state index contributed by atoms with van der Waals surface area (Å²) >= 11 is 0. The molecule has 1 aliphatic rings. The minimum Gasteiger partial charge on any atom is -0.339 e. The van der Waals surface area contributed by atoms with Gasteiger partial charge >= 0.3 is 0 Å². The Morgan fingerprint density at radius 2 is 1.85 bits per heavy atom. The van der Waals surface area contributed by atoms with Crippen LogP contribution in [0.5, 0.6) is 0 Å². The van der Waals surface area contributed by atoms with Crippen molar-refractivity contribution in [1.82, 2.24) is 20.0 Å². The third kappa shape index (κ3) is 3.10. The first-order chi connectivity index (χ1) is 12.6. The lowest BCUT2D eigenvalue weighted by Crippen LogP contribution is -2.29. The molecule has 6 nitrogen and oxygen atoms in total. The van der Waals surface area contributed by atoms with Crippen LogP contribution in [-0.4, -0.2) is 39.0 Å². The van der Waals surface area contributed by atoms with Gasteiger partial charge < -0.3 is 9.42 Å². The summed E-state index contributed by atoms with van der Waals surface area (Å²) in [4.78, 5) is 23.5. The Morgan fingerprint density at radius 1 is 1.08 bits per heavy atom. The van der Waals surface area contributed by atoms with E-state index in [9.17, 15) is 4.79 Å². The summed E-state index contributed by atoms with van der Waals surface area (Å²) in [6.45, 7) is 4.88. The van der Waals surface area contributed by atoms with E-state index in [4.69, 9.17) is 4.52 Å². The van der Waals surface area contributed by atoms with E-state index in [1.165, 1.54) is 5.56 Å². The van der Waals surface area contributed by atoms with Crippen LogP contribution in [0.2, 0.25) is 0 Å². The van der Waals surface area contributed by atoms with E-state index in [1.807, 2.05) is 42.2 Å². The zero-order valence-corrected chi connectivity index (χ0v) is 14.8. The smallest absolute Gasteiger partial charge is 0.255 e. The Bertz CT molecular complexity index is 905. The van der Waals surface area contributed by atoms with Gasteiger partial charge in [-0.3, -0.25) is 9.78 Å². The molecule has 0 spiro atoms. The molecule has 132 valence electrons. The van der Waals surface area contributed by atoms with Crippen molar-refractivity contribution in [3.05, 3.63) is 77.2 Å². The van der Waals surface area contributed by atoms with Gasteiger partial charge in [0.1, 0.15) is 0 Å². The highest BCUT2D eigenvalue weighted by atomic mass is 16.5. The first kappa shape index (κ1) is 16.4. The maximum atomic E-state index is 12.9. The van der Waals surface area contributed by atoms with Crippen LogP contribution >= 0.6 is 0 Å². The highest BCUT2D eigenvalue weighted by Crippen LogP contribution is 2.39. The molecule has 2 aromatic heterocycles. The van der Waals surface area contributed by atoms with Gasteiger partial charge in [0.05, 0.1) is 11.5 Å². The second kappa shape index (κ2) is 6.71. The van der Waals surface area contributed by atoms with Crippen molar-refractivity contribution in [3.63, 3.8) is 0 Å². The van der Waals surface area contributed by atoms with Gasteiger partial charge in [0, 0.05) is 30.9 Å². The molecule has 3 heterocycles. The van der Waals surface area contributed by atoms with Crippen LogP contribution in [0.4, 0.5) is 0 Å². The second-order valence-electron chi connectivity index (χ2n) is 6.70. The topological polar surface area (TPSA) is 72.1 Å². The molecular weight excluding hydrogens is 328 g/mol. The number of pyridine rings is 1. The average Bonchev–Trinajstić information content (AvgIpc) is 3.29. The third-order valence-corrected chi connectivity index (χ3v) is 4.85. The molecule has 0 radical (unpaired) electrons. The number of carbonyl (C=O) groups is 1. The summed E-state index contributed by atoms with van der Waals surface area (Å²) in [5.74, 6) is 1.30. The monoisotopic (exact) mass is 348 g/mol. The number of carbonyl (C=O) groups excluding carboxylic acids is 1. The molecular formula is C20H20N4O2. The molecule has 0 unspecified atom stereocenters. The number of rotatable bonds is 3. The fourth-order valence-corrected chi connectivity index (χ4v) is 3.50. The van der Waals surface area contributed by atoms with E-state index in [1.54, 1.807) is 13.1 Å². The number of hydrogen-bond donors (Lipinski definition) is 0. The van der Waals surface area contributed by atoms with Crippen molar-refractivity contribution in [1.29, 1.82) is 0 Å². The van der Waals surface area contributed by atoms with Crippen molar-refractivity contribution in [2.45, 2.75) is 25.7 Å². The first-order valence-electron chi connectivity index (χ1n) is 8.69. The van der Waals surface area contributed by atoms with Gasteiger partial charge in [-0.15, -0.1) is 0 Å². The molecule has 6 heteroatoms. The van der Waals surface area contributed by atoms with Crippen LogP contribution in [0.25, 0.3) is 0 Å². The van der Waals surface area contributed by atoms with Crippen molar-refractivity contribution in [3.8, 4) is 0 Å². The molecule has 4 rings (SSSR count). The van der Waals surface area contributed by atoms with Gasteiger partial charge in [0.15, 0.2) is 5.82 Å². The largest absolute Gasteiger partial charge is 0.339 e. The van der Waals surface area contributed by atoms with Crippen molar-refractivity contribution in [2.75, 3.05) is 13.1 Å². The van der Waals surface area contributed by atoms with Crippen LogP contribution in [0.3, 0.4) is 0 Å². The standard InChI is InChI=1S/C20H20N4O2/c1-13-8-9-16(10-21-13)20(25)24-11-17(15-6-4-3-5-7-15)18(12-24)19-22-14(2)23-26-19/h3-10,17-18H,11-12H2,1-2H3/t17-,18-/m1/s1. The lowest BCUT2D eigenvalue weighted by molar-refractivity contribution is 0.0787. The van der Waals surface area contributed by atoms with E-state index in [0.29, 0.717) is 30.4 Å². The molecule has 1 fully saturated rings. The number of likely N-dealkylation sites (tertiary alicyclic amines) is 1. The van der Waals surface area contributed by atoms with E-state index in [0.717, 1.165) is 5.69 Å². The third-order valence-electron chi connectivity index (χ3n) is 4.85. The number of aromatic nitrogens is 3. The zero-order chi connectivity index (χ0) is 18.1. The quantitative estimate of drug-likeness (QED) is 0.727. The van der Waals surface area contributed by atoms with E-state index in [-0.39, 0.29) is 17.7 Å². The molecule has 2 atom stereocenters. The predicted molar refractivity (Wildman–Crippen MR) is 95.8 cm³/mol. The van der Waals surface area contributed by atoms with Gasteiger partial charge in [-0.25, -0.2) is 0 Å². The molecule has 3 aromatic rings. The molecule has 0 aliphatic carbocycles. The van der Waals surface area contributed by atoms with Gasteiger partial charge in [0.25, 0.3) is 5.91 Å². The van der Waals surface area contributed by atoms with E-state index in [2.05, 4.69) is 27.3 Å². The lowest BCUT2D eigenvalue weighted by Gasteiger charge is -2.16. The number of aryl methyl sites for hydroxylation is 2. The molecule has 1 aliphatic heterocycles. The molecule has 0 N–H and O–H groups in total. The summed E-state index contributed by atoms with van der Waals surface area (Å²) in [5, 5.41) is 3.93. The number of hydrogen-bond acceptors (Lipinski definition) is 5. The summed E-state index contributed by atoms with van der Waals surface area (Å²) in [5.41, 5.74) is 2.67. The van der Waals surface area contributed by atoms with Crippen LogP contribution in [0, 0.1) is 13.8 Å². The number of amides is 1. The van der Waals surface area contributed by atoms with Crippen LogP contribution < -0.4 is 0 Å². The van der Waals surface area contributed by atoms with Crippen molar-refractivity contribution < 1.29 is 9.32 Å². The normalized spacial score (nSPS) is 19.7. The molecule has 1 saturated heterocycles. The summed E-state index contributed by atoms with van der Waals surface area (Å²) in [7, 11) is 0. The second-order valence-corrected chi connectivity index (χ2v) is 6.70. The van der Waals surface area contributed by atoms with Crippen LogP contribution in [-0.2, 0) is 0 Å². The van der Waals surface area contributed by atoms with Crippen LogP contribution in [0.15, 0.2) is 53.2 Å². The van der Waals surface area contributed by atoms with E-state index >= 15 is 0 Å². The van der Waals surface area contributed by atoms with Crippen LogP contribution in [0.1, 0.15) is 45.2 Å². The Hall–Kier alpha value is -3.02. The minimum absolute atomic E-state index is 0.0130. The average molecular weight is 348 g/mol. The molecule has 0 saturated carbocycles. The molecule has 0 bridgehead atoms. The first-order valence-corrected chi connectivity index (χ1v) is 8.69. The van der Waals surface area contributed by atoms with Crippen molar-refractivity contribution in [2.24, 2.45) is 0 Å². The van der Waals surface area contributed by atoms with Gasteiger partial charge in [0.2, 0.25) is 5.89 Å².